The summed E-state index contributed by atoms with van der Waals surface area (Å²) >= 11 is 0. The molecule has 2 aliphatic heterocycles. The Balaban J connectivity index is 1.29. The molecule has 3 heterocycles. The first-order valence-electron chi connectivity index (χ1n) is 11.4. The second kappa shape index (κ2) is 9.40. The monoisotopic (exact) mass is 428 g/mol. The van der Waals surface area contributed by atoms with Gasteiger partial charge in [0.1, 0.15) is 5.82 Å². The summed E-state index contributed by atoms with van der Waals surface area (Å²) in [7, 11) is 0. The normalized spacial score (nSPS) is 20.1. The van der Waals surface area contributed by atoms with E-state index in [0.29, 0.717) is 25.1 Å². The van der Waals surface area contributed by atoms with Crippen molar-refractivity contribution in [1.29, 1.82) is 0 Å². The second-order valence-electron chi connectivity index (χ2n) is 8.61. The van der Waals surface area contributed by atoms with E-state index in [2.05, 4.69) is 9.80 Å². The molecular formula is C24H33FN4O2. The summed E-state index contributed by atoms with van der Waals surface area (Å²) in [4.78, 5) is 19.8. The molecule has 0 radical (unpaired) electrons. The van der Waals surface area contributed by atoms with Crippen molar-refractivity contribution < 1.29 is 14.3 Å². The smallest absolute Gasteiger partial charge is 0.256 e. The van der Waals surface area contributed by atoms with Gasteiger partial charge in [-0.25, -0.2) is 4.39 Å². The molecule has 0 aliphatic carbocycles. The summed E-state index contributed by atoms with van der Waals surface area (Å²) in [6.07, 6.45) is 2.90. The summed E-state index contributed by atoms with van der Waals surface area (Å²) in [6.45, 7) is 10.8. The minimum absolute atomic E-state index is 0.0531. The van der Waals surface area contributed by atoms with Gasteiger partial charge in [-0.3, -0.25) is 9.69 Å². The molecule has 7 heteroatoms. The van der Waals surface area contributed by atoms with E-state index in [9.17, 15) is 14.3 Å². The highest BCUT2D eigenvalue weighted by atomic mass is 19.1. The maximum atomic E-state index is 13.2. The third-order valence-corrected chi connectivity index (χ3v) is 6.61. The number of carbonyl (C=O) groups excluding carboxylic acids is 1. The van der Waals surface area contributed by atoms with Crippen LogP contribution in [0.25, 0.3) is 0 Å². The summed E-state index contributed by atoms with van der Waals surface area (Å²) < 4.78 is 15.1. The van der Waals surface area contributed by atoms with Gasteiger partial charge in [-0.05, 0) is 63.1 Å². The number of nitrogens with zero attached hydrogens (tertiary/aromatic N) is 4. The van der Waals surface area contributed by atoms with Gasteiger partial charge in [0.05, 0.1) is 17.4 Å². The average molecular weight is 429 g/mol. The number of carbonyl (C=O) groups is 1. The maximum Gasteiger partial charge on any atom is 0.256 e. The molecule has 1 amide bonds. The van der Waals surface area contributed by atoms with Crippen molar-refractivity contribution in [3.05, 3.63) is 53.1 Å². The van der Waals surface area contributed by atoms with Crippen LogP contribution in [0.3, 0.4) is 0 Å². The number of hydrogen-bond donors (Lipinski definition) is 1. The molecule has 1 saturated heterocycles. The molecule has 1 N–H and O–H groups in total. The summed E-state index contributed by atoms with van der Waals surface area (Å²) in [5.41, 5.74) is 3.49. The molecule has 168 valence electrons. The Morgan fingerprint density at radius 2 is 1.77 bits per heavy atom. The fraction of sp³-hybridized carbons (Fsp3) is 0.542. The largest absolute Gasteiger partial charge is 0.387 e. The van der Waals surface area contributed by atoms with Crippen LogP contribution in [-0.2, 0) is 6.54 Å². The molecule has 0 bridgehead atoms. The number of benzene rings is 1. The fourth-order valence-electron chi connectivity index (χ4n) is 4.87. The van der Waals surface area contributed by atoms with Crippen molar-refractivity contribution in [2.24, 2.45) is 0 Å². The van der Waals surface area contributed by atoms with Crippen molar-refractivity contribution >= 4 is 11.6 Å². The summed E-state index contributed by atoms with van der Waals surface area (Å²) in [5, 5.41) is 10.6. The Bertz CT molecular complexity index is 903. The van der Waals surface area contributed by atoms with Gasteiger partial charge in [-0.2, -0.15) is 0 Å². The standard InChI is InChI=1S/C24H33FN4O2/c1-3-27-17-18(2)22-23(27)21(30)9-12-29(24(22)31)11-4-10-26-13-15-28(16-14-26)20-7-5-19(25)6-8-20/h5-8,17,21,30H,3-4,9-16H2,1-2H3. The van der Waals surface area contributed by atoms with Gasteiger partial charge in [0.15, 0.2) is 0 Å². The van der Waals surface area contributed by atoms with E-state index < -0.39 is 6.10 Å². The Morgan fingerprint density at radius 3 is 2.45 bits per heavy atom. The van der Waals surface area contributed by atoms with E-state index in [1.54, 1.807) is 0 Å². The van der Waals surface area contributed by atoms with Crippen LogP contribution >= 0.6 is 0 Å². The average Bonchev–Trinajstić information content (AvgIpc) is 3.06. The molecule has 2 aliphatic rings. The number of amides is 1. The van der Waals surface area contributed by atoms with Gasteiger partial charge in [-0.1, -0.05) is 0 Å². The molecular weight excluding hydrogens is 395 g/mol. The van der Waals surface area contributed by atoms with Gasteiger partial charge < -0.3 is 19.5 Å². The highest BCUT2D eigenvalue weighted by Crippen LogP contribution is 2.30. The zero-order chi connectivity index (χ0) is 22.0. The Morgan fingerprint density at radius 1 is 1.06 bits per heavy atom. The van der Waals surface area contributed by atoms with E-state index >= 15 is 0 Å². The molecule has 0 spiro atoms. The lowest BCUT2D eigenvalue weighted by atomic mass is 10.1. The SMILES string of the molecule is CCn1cc(C)c2c1C(O)CCN(CCCN1CCN(c3ccc(F)cc3)CC1)C2=O. The first kappa shape index (κ1) is 21.8. The lowest BCUT2D eigenvalue weighted by Gasteiger charge is -2.36. The van der Waals surface area contributed by atoms with Crippen molar-refractivity contribution in [2.45, 2.75) is 39.3 Å². The van der Waals surface area contributed by atoms with E-state index in [1.807, 2.05) is 41.6 Å². The maximum absolute atomic E-state index is 13.2. The van der Waals surface area contributed by atoms with E-state index in [1.165, 1.54) is 12.1 Å². The van der Waals surface area contributed by atoms with E-state index in [4.69, 9.17) is 0 Å². The fourth-order valence-corrected chi connectivity index (χ4v) is 4.87. The number of aromatic nitrogens is 1. The molecule has 1 aromatic heterocycles. The topological polar surface area (TPSA) is 52.0 Å². The number of fused-ring (bicyclic) bond motifs is 1. The number of anilines is 1. The highest BCUT2D eigenvalue weighted by Gasteiger charge is 2.31. The van der Waals surface area contributed by atoms with Gasteiger partial charge in [-0.15, -0.1) is 0 Å². The van der Waals surface area contributed by atoms with Gasteiger partial charge >= 0.3 is 0 Å². The molecule has 1 aromatic carbocycles. The molecule has 1 atom stereocenters. The molecule has 1 unspecified atom stereocenters. The van der Waals surface area contributed by atoms with Crippen LogP contribution < -0.4 is 4.90 Å². The first-order chi connectivity index (χ1) is 15.0. The molecule has 0 saturated carbocycles. The lowest BCUT2D eigenvalue weighted by Crippen LogP contribution is -2.47. The third kappa shape index (κ3) is 4.62. The Kier molecular flexibility index (Phi) is 6.62. The van der Waals surface area contributed by atoms with Crippen LogP contribution in [-0.4, -0.2) is 71.2 Å². The summed E-state index contributed by atoms with van der Waals surface area (Å²) in [5.74, 6) is -0.149. The predicted octanol–water partition coefficient (Wildman–Crippen LogP) is 3.05. The van der Waals surface area contributed by atoms with Crippen molar-refractivity contribution in [1.82, 2.24) is 14.4 Å². The number of hydrogen-bond acceptors (Lipinski definition) is 4. The minimum Gasteiger partial charge on any atom is -0.387 e. The second-order valence-corrected chi connectivity index (χ2v) is 8.61. The number of aryl methyl sites for hydroxylation is 2. The molecule has 1 fully saturated rings. The Labute approximate surface area is 183 Å². The van der Waals surface area contributed by atoms with Crippen LogP contribution in [0.15, 0.2) is 30.5 Å². The first-order valence-corrected chi connectivity index (χ1v) is 11.4. The molecule has 31 heavy (non-hydrogen) atoms. The van der Waals surface area contributed by atoms with E-state index in [0.717, 1.165) is 62.6 Å². The lowest BCUT2D eigenvalue weighted by molar-refractivity contribution is 0.0737. The van der Waals surface area contributed by atoms with Crippen LogP contribution in [0.4, 0.5) is 10.1 Å². The number of rotatable bonds is 6. The van der Waals surface area contributed by atoms with Crippen LogP contribution in [0.2, 0.25) is 0 Å². The molecule has 4 rings (SSSR count). The predicted molar refractivity (Wildman–Crippen MR) is 120 cm³/mol. The summed E-state index contributed by atoms with van der Waals surface area (Å²) in [6, 6.07) is 6.70. The third-order valence-electron chi connectivity index (χ3n) is 6.61. The van der Waals surface area contributed by atoms with Crippen molar-refractivity contribution in [2.75, 3.05) is 50.7 Å². The molecule has 2 aromatic rings. The molecule has 6 nitrogen and oxygen atoms in total. The number of piperazine rings is 1. The van der Waals surface area contributed by atoms with Gasteiger partial charge in [0.25, 0.3) is 5.91 Å². The number of aliphatic hydroxyl groups is 1. The van der Waals surface area contributed by atoms with Crippen molar-refractivity contribution in [3.63, 3.8) is 0 Å². The number of halogens is 1. The minimum atomic E-state index is -0.586. The number of aliphatic hydroxyl groups excluding tert-OH is 1. The Hall–Kier alpha value is -2.38. The zero-order valence-corrected chi connectivity index (χ0v) is 18.6. The van der Waals surface area contributed by atoms with Crippen LogP contribution in [0.5, 0.6) is 0 Å². The van der Waals surface area contributed by atoms with Crippen molar-refractivity contribution in [3.8, 4) is 0 Å². The quantitative estimate of drug-likeness (QED) is 0.769. The van der Waals surface area contributed by atoms with Crippen LogP contribution in [0.1, 0.15) is 47.5 Å². The van der Waals surface area contributed by atoms with Gasteiger partial charge in [0.2, 0.25) is 0 Å². The highest BCUT2D eigenvalue weighted by molar-refractivity contribution is 5.97. The zero-order valence-electron chi connectivity index (χ0n) is 18.6. The van der Waals surface area contributed by atoms with E-state index in [-0.39, 0.29) is 11.7 Å². The van der Waals surface area contributed by atoms with Gasteiger partial charge in [0, 0.05) is 57.7 Å². The van der Waals surface area contributed by atoms with Crippen LogP contribution in [0, 0.1) is 12.7 Å².